The van der Waals surface area contributed by atoms with Crippen molar-refractivity contribution in [1.82, 2.24) is 25.3 Å². The van der Waals surface area contributed by atoms with Gasteiger partial charge in [-0.2, -0.15) is 15.4 Å². The normalized spacial score (nSPS) is 11.5. The van der Waals surface area contributed by atoms with E-state index in [0.29, 0.717) is 33.9 Å². The smallest absolute Gasteiger partial charge is 0.293 e. The van der Waals surface area contributed by atoms with Crippen molar-refractivity contribution >= 4 is 34.3 Å². The highest BCUT2D eigenvalue weighted by Gasteiger charge is 2.33. The number of carbonyl (C=O) groups excluding carboxylic acids is 3. The first-order valence-corrected chi connectivity index (χ1v) is 10.3. The first-order chi connectivity index (χ1) is 15.6. The lowest BCUT2D eigenvalue weighted by Crippen LogP contribution is -2.44. The molecular weight excluding hydrogens is 424 g/mol. The van der Waals surface area contributed by atoms with E-state index in [-0.39, 0.29) is 11.5 Å². The van der Waals surface area contributed by atoms with Gasteiger partial charge >= 0.3 is 0 Å². The molecule has 0 saturated carbocycles. The predicted octanol–water partition coefficient (Wildman–Crippen LogP) is 2.99. The number of aromatic amines is 1. The number of H-pyrrole nitrogens is 1. The minimum absolute atomic E-state index is 0.196. The molecule has 3 heterocycles. The third-order valence-corrected chi connectivity index (χ3v) is 5.77. The number of hydrogen-bond donors (Lipinski definition) is 3. The van der Waals surface area contributed by atoms with Crippen LogP contribution in [0.5, 0.6) is 0 Å². The number of benzene rings is 1. The summed E-state index contributed by atoms with van der Waals surface area (Å²) in [5, 5.41) is 16.6. The second-order valence-corrected chi connectivity index (χ2v) is 8.38. The Hall–Kier alpha value is -4.21. The van der Waals surface area contributed by atoms with Gasteiger partial charge in [0, 0.05) is 23.8 Å². The summed E-state index contributed by atoms with van der Waals surface area (Å²) in [4.78, 5) is 39.0. The lowest BCUT2D eigenvalue weighted by Gasteiger charge is -2.23. The molecule has 0 aliphatic rings. The van der Waals surface area contributed by atoms with Gasteiger partial charge in [0.1, 0.15) is 17.0 Å². The molecule has 0 saturated heterocycles. The van der Waals surface area contributed by atoms with Gasteiger partial charge in [-0.3, -0.25) is 14.4 Å². The number of ketones is 1. The largest absolute Gasteiger partial charge is 0.464 e. The molecule has 33 heavy (non-hydrogen) atoms. The van der Waals surface area contributed by atoms with Gasteiger partial charge in [0.05, 0.1) is 23.6 Å². The van der Waals surface area contributed by atoms with E-state index in [1.165, 1.54) is 6.20 Å². The number of carbonyl (C=O) groups is 3. The molecule has 0 unspecified atom stereocenters. The fourth-order valence-corrected chi connectivity index (χ4v) is 3.89. The molecule has 0 spiro atoms. The SMILES string of the molecule is Cc1c(C(=O)C(=O)NC(C)(C)c2cn[nH]n2)c(C)n(C)c1C(=O)Nc1ccc2occc2c1. The van der Waals surface area contributed by atoms with Crippen molar-refractivity contribution in [2.24, 2.45) is 7.05 Å². The van der Waals surface area contributed by atoms with Gasteiger partial charge in [-0.05, 0) is 57.5 Å². The van der Waals surface area contributed by atoms with Crippen LogP contribution in [0.3, 0.4) is 0 Å². The van der Waals surface area contributed by atoms with Crippen molar-refractivity contribution in [3.63, 3.8) is 0 Å². The second kappa shape index (κ2) is 8.05. The standard InChI is InChI=1S/C23H24N6O4/c1-12-18(20(30)22(32)26-23(3,4)17-11-24-28-27-17)13(2)29(5)19(12)21(31)25-15-6-7-16-14(10-15)8-9-33-16/h6-11H,1-5H3,(H,25,31)(H,26,32)(H,24,27,28). The predicted molar refractivity (Wildman–Crippen MR) is 121 cm³/mol. The Bertz CT molecular complexity index is 1380. The Morgan fingerprint density at radius 2 is 1.91 bits per heavy atom. The lowest BCUT2D eigenvalue weighted by molar-refractivity contribution is -0.118. The van der Waals surface area contributed by atoms with E-state index in [0.717, 1.165) is 5.39 Å². The van der Waals surface area contributed by atoms with Gasteiger partial charge in [0.2, 0.25) is 0 Å². The number of rotatable bonds is 6. The molecule has 0 aliphatic carbocycles. The van der Waals surface area contributed by atoms with Crippen molar-refractivity contribution in [1.29, 1.82) is 0 Å². The van der Waals surface area contributed by atoms with Gasteiger partial charge in [0.25, 0.3) is 17.6 Å². The zero-order valence-corrected chi connectivity index (χ0v) is 18.9. The number of furan rings is 1. The molecule has 10 nitrogen and oxygen atoms in total. The number of aromatic nitrogens is 4. The molecule has 0 fully saturated rings. The summed E-state index contributed by atoms with van der Waals surface area (Å²) in [7, 11) is 1.69. The highest BCUT2D eigenvalue weighted by Crippen LogP contribution is 2.25. The van der Waals surface area contributed by atoms with Crippen LogP contribution in [0.4, 0.5) is 5.69 Å². The summed E-state index contributed by atoms with van der Waals surface area (Å²) >= 11 is 0. The Morgan fingerprint density at radius 3 is 2.61 bits per heavy atom. The van der Waals surface area contributed by atoms with Crippen LogP contribution in [-0.2, 0) is 17.4 Å². The molecule has 0 atom stereocenters. The van der Waals surface area contributed by atoms with Crippen LogP contribution in [0, 0.1) is 13.8 Å². The zero-order chi connectivity index (χ0) is 23.9. The third kappa shape index (κ3) is 3.91. The average molecular weight is 448 g/mol. The Morgan fingerprint density at radius 1 is 1.15 bits per heavy atom. The van der Waals surface area contributed by atoms with Crippen molar-refractivity contribution < 1.29 is 18.8 Å². The van der Waals surface area contributed by atoms with Gasteiger partial charge < -0.3 is 19.6 Å². The van der Waals surface area contributed by atoms with Crippen molar-refractivity contribution in [2.45, 2.75) is 33.2 Å². The molecule has 0 radical (unpaired) electrons. The lowest BCUT2D eigenvalue weighted by atomic mass is 9.99. The van der Waals surface area contributed by atoms with E-state index in [2.05, 4.69) is 26.0 Å². The van der Waals surface area contributed by atoms with E-state index in [1.807, 2.05) is 0 Å². The second-order valence-electron chi connectivity index (χ2n) is 8.38. The fraction of sp³-hybridized carbons (Fsp3) is 0.261. The molecule has 2 amide bonds. The van der Waals surface area contributed by atoms with E-state index in [1.54, 1.807) is 69.8 Å². The van der Waals surface area contributed by atoms with E-state index in [9.17, 15) is 14.4 Å². The topological polar surface area (TPSA) is 135 Å². The Labute approximate surface area is 189 Å². The number of amides is 2. The van der Waals surface area contributed by atoms with Gasteiger partial charge in [0.15, 0.2) is 0 Å². The molecule has 3 aromatic heterocycles. The molecule has 10 heteroatoms. The number of anilines is 1. The summed E-state index contributed by atoms with van der Waals surface area (Å²) < 4.78 is 6.94. The van der Waals surface area contributed by atoms with E-state index < -0.39 is 17.2 Å². The number of nitrogens with zero attached hydrogens (tertiary/aromatic N) is 3. The number of fused-ring (bicyclic) bond motifs is 1. The highest BCUT2D eigenvalue weighted by atomic mass is 16.3. The Kier molecular flexibility index (Phi) is 5.36. The van der Waals surface area contributed by atoms with Crippen molar-refractivity contribution in [3.05, 3.63) is 64.9 Å². The molecule has 0 bridgehead atoms. The Balaban J connectivity index is 1.59. The van der Waals surface area contributed by atoms with Crippen LogP contribution in [-0.4, -0.2) is 37.6 Å². The maximum atomic E-state index is 13.1. The first-order valence-electron chi connectivity index (χ1n) is 10.3. The van der Waals surface area contributed by atoms with Gasteiger partial charge in [-0.1, -0.05) is 0 Å². The van der Waals surface area contributed by atoms with Crippen molar-refractivity contribution in [3.8, 4) is 0 Å². The maximum absolute atomic E-state index is 13.1. The minimum Gasteiger partial charge on any atom is -0.464 e. The van der Waals surface area contributed by atoms with Gasteiger partial charge in [-0.25, -0.2) is 0 Å². The average Bonchev–Trinajstić information content (AvgIpc) is 3.48. The van der Waals surface area contributed by atoms with Gasteiger partial charge in [-0.15, -0.1) is 0 Å². The summed E-state index contributed by atoms with van der Waals surface area (Å²) in [6.07, 6.45) is 3.06. The molecule has 1 aromatic carbocycles. The molecule has 4 aromatic rings. The number of Topliss-reactive ketones (excluding diaryl/α,β-unsaturated/α-hetero) is 1. The summed E-state index contributed by atoms with van der Waals surface area (Å²) in [6.45, 7) is 6.79. The number of hydrogen-bond acceptors (Lipinski definition) is 6. The van der Waals surface area contributed by atoms with Crippen LogP contribution in [0.1, 0.15) is 51.6 Å². The summed E-state index contributed by atoms with van der Waals surface area (Å²) in [5.41, 5.74) is 2.31. The van der Waals surface area contributed by atoms with Crippen LogP contribution in [0.25, 0.3) is 11.0 Å². The summed E-state index contributed by atoms with van der Waals surface area (Å²) in [6, 6.07) is 7.11. The monoisotopic (exact) mass is 448 g/mol. The van der Waals surface area contributed by atoms with Crippen LogP contribution < -0.4 is 10.6 Å². The molecular formula is C23H24N6O4. The van der Waals surface area contributed by atoms with Crippen molar-refractivity contribution in [2.75, 3.05) is 5.32 Å². The minimum atomic E-state index is -0.914. The molecule has 4 rings (SSSR count). The first kappa shape index (κ1) is 22.0. The van der Waals surface area contributed by atoms with Crippen LogP contribution in [0.15, 0.2) is 41.1 Å². The summed E-state index contributed by atoms with van der Waals surface area (Å²) in [5.74, 6) is -1.91. The fourth-order valence-electron chi connectivity index (χ4n) is 3.89. The molecule has 170 valence electrons. The maximum Gasteiger partial charge on any atom is 0.293 e. The van der Waals surface area contributed by atoms with Crippen LogP contribution in [0.2, 0.25) is 0 Å². The van der Waals surface area contributed by atoms with Crippen LogP contribution >= 0.6 is 0 Å². The molecule has 0 aliphatic heterocycles. The van der Waals surface area contributed by atoms with E-state index >= 15 is 0 Å². The highest BCUT2D eigenvalue weighted by molar-refractivity contribution is 6.43. The zero-order valence-electron chi connectivity index (χ0n) is 18.9. The van der Waals surface area contributed by atoms with E-state index in [4.69, 9.17) is 4.42 Å². The molecule has 3 N–H and O–H groups in total. The third-order valence-electron chi connectivity index (χ3n) is 5.77. The number of nitrogens with one attached hydrogen (secondary N) is 3. The quantitative estimate of drug-likeness (QED) is 0.307.